The van der Waals surface area contributed by atoms with Crippen LogP contribution in [0.25, 0.3) is 0 Å². The van der Waals surface area contributed by atoms with Crippen molar-refractivity contribution in [3.05, 3.63) is 109 Å². The first-order valence-electron chi connectivity index (χ1n) is 31.9. The maximum absolute atomic E-state index is 12.9. The molecule has 0 fully saturated rings. The molecule has 0 saturated heterocycles. The average molecular weight is 1060 g/mol. The van der Waals surface area contributed by atoms with Crippen molar-refractivity contribution in [2.24, 2.45) is 0 Å². The van der Waals surface area contributed by atoms with Gasteiger partial charge in [-0.25, -0.2) is 0 Å². The second kappa shape index (κ2) is 63.6. The predicted molar refractivity (Wildman–Crippen MR) is 330 cm³/mol. The SMILES string of the molecule is CC/C=C\C/C=C\C/C=C\C/C=C\CCCCCCCCCCCCCCC(=O)OCC(COC(=O)CCCCCCC/C=C\C/C=C\C/C=C\CC)OC(=O)CCCCCCCCC/C=C\C/C=C\CCCCCC. The Morgan fingerprint density at radius 2 is 0.513 bits per heavy atom. The molecule has 0 aliphatic rings. The monoisotopic (exact) mass is 1050 g/mol. The van der Waals surface area contributed by atoms with Crippen LogP contribution < -0.4 is 0 Å². The largest absolute Gasteiger partial charge is 0.462 e. The van der Waals surface area contributed by atoms with Gasteiger partial charge in [0.2, 0.25) is 0 Å². The minimum Gasteiger partial charge on any atom is -0.462 e. The van der Waals surface area contributed by atoms with Gasteiger partial charge in [-0.3, -0.25) is 14.4 Å². The normalized spacial score (nSPS) is 12.8. The van der Waals surface area contributed by atoms with Crippen LogP contribution in [0.5, 0.6) is 0 Å². The highest BCUT2D eigenvalue weighted by Gasteiger charge is 2.19. The molecule has 0 spiro atoms. The fourth-order valence-electron chi connectivity index (χ4n) is 8.77. The van der Waals surface area contributed by atoms with E-state index < -0.39 is 6.10 Å². The standard InChI is InChI=1S/C70H118O6/c1-4-7-10-13-16-19-22-25-28-30-32-33-34-35-36-37-38-40-42-45-48-51-54-57-60-63-69(72)75-66-67(65-74-68(71)62-59-56-53-50-47-44-41-27-24-21-18-15-12-9-6-3)76-70(73)64-61-58-55-52-49-46-43-39-31-29-26-23-20-17-14-11-8-5-2/h7,9-10,12,16,18-21,23,25,27-29,31-33,41,67H,4-6,8,11,13-15,17,22,24,26,30,34-40,42-66H2,1-3H3/b10-7-,12-9-,19-16-,21-18-,23-20-,28-25-,31-29-,33-32-,41-27-. The minimum atomic E-state index is -0.793. The highest BCUT2D eigenvalue weighted by molar-refractivity contribution is 5.71. The quantitative estimate of drug-likeness (QED) is 0.0261. The fraction of sp³-hybridized carbons (Fsp3) is 0.700. The maximum Gasteiger partial charge on any atom is 0.306 e. The van der Waals surface area contributed by atoms with Crippen LogP contribution in [0.2, 0.25) is 0 Å². The molecule has 1 unspecified atom stereocenters. The van der Waals surface area contributed by atoms with Gasteiger partial charge < -0.3 is 14.2 Å². The molecule has 0 aliphatic carbocycles. The van der Waals surface area contributed by atoms with Gasteiger partial charge in [-0.15, -0.1) is 0 Å². The Labute approximate surface area is 470 Å². The van der Waals surface area contributed by atoms with E-state index >= 15 is 0 Å². The summed E-state index contributed by atoms with van der Waals surface area (Å²) in [6.07, 6.45) is 86.6. The van der Waals surface area contributed by atoms with Gasteiger partial charge >= 0.3 is 17.9 Å². The number of esters is 3. The number of hydrogen-bond acceptors (Lipinski definition) is 6. The third-order valence-electron chi connectivity index (χ3n) is 13.5. The second-order valence-corrected chi connectivity index (χ2v) is 20.9. The van der Waals surface area contributed by atoms with Crippen LogP contribution in [0, 0.1) is 0 Å². The first-order valence-corrected chi connectivity index (χ1v) is 31.9. The van der Waals surface area contributed by atoms with E-state index in [-0.39, 0.29) is 31.1 Å². The van der Waals surface area contributed by atoms with Crippen LogP contribution in [0.15, 0.2) is 109 Å². The van der Waals surface area contributed by atoms with E-state index in [1.54, 1.807) is 0 Å². The second-order valence-electron chi connectivity index (χ2n) is 20.9. The van der Waals surface area contributed by atoms with E-state index in [2.05, 4.69) is 130 Å². The number of rotatable bonds is 57. The van der Waals surface area contributed by atoms with Crippen LogP contribution in [0.3, 0.4) is 0 Å². The van der Waals surface area contributed by atoms with Gasteiger partial charge in [-0.05, 0) is 122 Å². The lowest BCUT2D eigenvalue weighted by molar-refractivity contribution is -0.167. The molecule has 434 valence electrons. The Balaban J connectivity index is 4.36. The Hall–Kier alpha value is -3.93. The van der Waals surface area contributed by atoms with Crippen molar-refractivity contribution in [2.75, 3.05) is 13.2 Å². The fourth-order valence-corrected chi connectivity index (χ4v) is 8.77. The van der Waals surface area contributed by atoms with Crippen molar-refractivity contribution in [1.82, 2.24) is 0 Å². The third-order valence-corrected chi connectivity index (χ3v) is 13.5. The molecule has 0 rings (SSSR count). The summed E-state index contributed by atoms with van der Waals surface area (Å²) in [6.45, 7) is 6.40. The Morgan fingerprint density at radius 3 is 0.803 bits per heavy atom. The molecule has 0 saturated carbocycles. The van der Waals surface area contributed by atoms with Crippen molar-refractivity contribution >= 4 is 17.9 Å². The number of ether oxygens (including phenoxy) is 3. The van der Waals surface area contributed by atoms with Gasteiger partial charge in [0.25, 0.3) is 0 Å². The Morgan fingerprint density at radius 1 is 0.276 bits per heavy atom. The molecule has 0 aliphatic heterocycles. The Bertz CT molecular complexity index is 1540. The number of unbranched alkanes of at least 4 members (excludes halogenated alkanes) is 28. The summed E-state index contributed by atoms with van der Waals surface area (Å²) in [6, 6.07) is 0. The van der Waals surface area contributed by atoms with Crippen molar-refractivity contribution in [2.45, 2.75) is 303 Å². The van der Waals surface area contributed by atoms with Crippen molar-refractivity contribution in [1.29, 1.82) is 0 Å². The molecule has 0 aromatic carbocycles. The van der Waals surface area contributed by atoms with Gasteiger partial charge in [-0.2, -0.15) is 0 Å². The molecule has 0 heterocycles. The molecule has 0 bridgehead atoms. The zero-order chi connectivity index (χ0) is 55.0. The molecule has 76 heavy (non-hydrogen) atoms. The van der Waals surface area contributed by atoms with Gasteiger partial charge in [0, 0.05) is 19.3 Å². The van der Waals surface area contributed by atoms with Crippen LogP contribution in [0.1, 0.15) is 297 Å². The van der Waals surface area contributed by atoms with Crippen molar-refractivity contribution < 1.29 is 28.6 Å². The van der Waals surface area contributed by atoms with E-state index in [9.17, 15) is 14.4 Å². The summed E-state index contributed by atoms with van der Waals surface area (Å²) < 4.78 is 16.9. The highest BCUT2D eigenvalue weighted by atomic mass is 16.6. The van der Waals surface area contributed by atoms with E-state index in [1.165, 1.54) is 122 Å². The summed E-state index contributed by atoms with van der Waals surface area (Å²) in [5.74, 6) is -0.908. The number of carbonyl (C=O) groups excluding carboxylic acids is 3. The van der Waals surface area contributed by atoms with Crippen LogP contribution in [-0.2, 0) is 28.6 Å². The number of allylic oxidation sites excluding steroid dienone is 18. The lowest BCUT2D eigenvalue weighted by atomic mass is 10.0. The average Bonchev–Trinajstić information content (AvgIpc) is 3.42. The topological polar surface area (TPSA) is 78.9 Å². The minimum absolute atomic E-state index is 0.0881. The third kappa shape index (κ3) is 60.9. The molecular formula is C70H118O6. The molecule has 0 N–H and O–H groups in total. The van der Waals surface area contributed by atoms with Crippen molar-refractivity contribution in [3.8, 4) is 0 Å². The predicted octanol–water partition coefficient (Wildman–Crippen LogP) is 21.8. The summed E-state index contributed by atoms with van der Waals surface area (Å²) in [5, 5.41) is 0. The molecular weight excluding hydrogens is 937 g/mol. The molecule has 0 aromatic rings. The highest BCUT2D eigenvalue weighted by Crippen LogP contribution is 2.16. The summed E-state index contributed by atoms with van der Waals surface area (Å²) in [4.78, 5) is 38.3. The van der Waals surface area contributed by atoms with E-state index in [1.807, 2.05) is 0 Å². The first-order chi connectivity index (χ1) is 37.5. The summed E-state index contributed by atoms with van der Waals surface area (Å²) in [7, 11) is 0. The van der Waals surface area contributed by atoms with Gasteiger partial charge in [0.15, 0.2) is 6.10 Å². The van der Waals surface area contributed by atoms with E-state index in [0.717, 1.165) is 135 Å². The molecule has 0 amide bonds. The summed E-state index contributed by atoms with van der Waals surface area (Å²) >= 11 is 0. The molecule has 0 aromatic heterocycles. The lowest BCUT2D eigenvalue weighted by Gasteiger charge is -2.18. The first kappa shape index (κ1) is 72.1. The Kier molecular flexibility index (Phi) is 60.3. The lowest BCUT2D eigenvalue weighted by Crippen LogP contribution is -2.30. The summed E-state index contributed by atoms with van der Waals surface area (Å²) in [5.41, 5.74) is 0. The zero-order valence-corrected chi connectivity index (χ0v) is 49.7. The van der Waals surface area contributed by atoms with Crippen LogP contribution >= 0.6 is 0 Å². The molecule has 1 atom stereocenters. The maximum atomic E-state index is 12.9. The number of carbonyl (C=O) groups is 3. The van der Waals surface area contributed by atoms with Gasteiger partial charge in [0.05, 0.1) is 0 Å². The van der Waals surface area contributed by atoms with Crippen LogP contribution in [-0.4, -0.2) is 37.2 Å². The molecule has 0 radical (unpaired) electrons. The molecule has 6 heteroatoms. The zero-order valence-electron chi connectivity index (χ0n) is 49.7. The smallest absolute Gasteiger partial charge is 0.306 e. The van der Waals surface area contributed by atoms with Crippen LogP contribution in [0.4, 0.5) is 0 Å². The van der Waals surface area contributed by atoms with E-state index in [4.69, 9.17) is 14.2 Å². The van der Waals surface area contributed by atoms with Gasteiger partial charge in [0.1, 0.15) is 13.2 Å². The molecule has 6 nitrogen and oxygen atoms in total. The van der Waals surface area contributed by atoms with E-state index in [0.29, 0.717) is 19.3 Å². The number of hydrogen-bond donors (Lipinski definition) is 0. The van der Waals surface area contributed by atoms with Gasteiger partial charge in [-0.1, -0.05) is 265 Å². The van der Waals surface area contributed by atoms with Crippen molar-refractivity contribution in [3.63, 3.8) is 0 Å².